The van der Waals surface area contributed by atoms with Crippen LogP contribution in [0.15, 0.2) is 18.2 Å². The molecule has 1 fully saturated rings. The molecule has 0 spiro atoms. The van der Waals surface area contributed by atoms with E-state index < -0.39 is 11.0 Å². The predicted octanol–water partition coefficient (Wildman–Crippen LogP) is 2.12. The van der Waals surface area contributed by atoms with Gasteiger partial charge in [-0.3, -0.25) is 9.59 Å². The van der Waals surface area contributed by atoms with Gasteiger partial charge >= 0.3 is 0 Å². The minimum absolute atomic E-state index is 0.0371. The second kappa shape index (κ2) is 7.01. The molecule has 1 aromatic rings. The molecular formula is C18H27N3O4. The minimum atomic E-state index is -1.00. The molecule has 2 rings (SSSR count). The van der Waals surface area contributed by atoms with Crippen molar-refractivity contribution in [3.63, 3.8) is 0 Å². The van der Waals surface area contributed by atoms with Crippen LogP contribution in [0.4, 0.5) is 11.4 Å². The van der Waals surface area contributed by atoms with Crippen LogP contribution in [0.2, 0.25) is 0 Å². The van der Waals surface area contributed by atoms with Gasteiger partial charge in [0, 0.05) is 37.1 Å². The van der Waals surface area contributed by atoms with E-state index in [4.69, 9.17) is 15.2 Å². The molecule has 25 heavy (non-hydrogen) atoms. The number of carbonyl (C=O) groups excluding carboxylic acids is 2. The number of hydrogen-bond donors (Lipinski definition) is 3. The SMILES string of the molecule is CCOC1CC(N)(C(=O)Nc2ccc(NC(C)=O)c(OC)c2)C1(C)C. The van der Waals surface area contributed by atoms with Crippen molar-refractivity contribution in [2.45, 2.75) is 45.8 Å². The van der Waals surface area contributed by atoms with Gasteiger partial charge in [-0.15, -0.1) is 0 Å². The first kappa shape index (κ1) is 19.2. The third-order valence-electron chi connectivity index (χ3n) is 5.01. The van der Waals surface area contributed by atoms with Crippen molar-refractivity contribution in [3.8, 4) is 5.75 Å². The van der Waals surface area contributed by atoms with Crippen LogP contribution in [0, 0.1) is 5.41 Å². The number of ether oxygens (including phenoxy) is 2. The highest BCUT2D eigenvalue weighted by atomic mass is 16.5. The van der Waals surface area contributed by atoms with E-state index in [0.29, 0.717) is 30.2 Å². The standard InChI is InChI=1S/C18H27N3O4/c1-6-25-15-10-18(19,17(15,3)4)16(23)21-12-7-8-13(20-11(2)22)14(9-12)24-5/h7-9,15H,6,10,19H2,1-5H3,(H,20,22)(H,21,23). The molecule has 1 aromatic carbocycles. The summed E-state index contributed by atoms with van der Waals surface area (Å²) in [5, 5.41) is 5.52. The molecule has 0 bridgehead atoms. The maximum atomic E-state index is 12.7. The van der Waals surface area contributed by atoms with E-state index >= 15 is 0 Å². The van der Waals surface area contributed by atoms with Crippen molar-refractivity contribution in [3.05, 3.63) is 18.2 Å². The van der Waals surface area contributed by atoms with Gasteiger partial charge in [-0.1, -0.05) is 13.8 Å². The summed E-state index contributed by atoms with van der Waals surface area (Å²) in [6.45, 7) is 7.82. The molecule has 0 aliphatic heterocycles. The summed E-state index contributed by atoms with van der Waals surface area (Å²) in [6, 6.07) is 5.02. The van der Waals surface area contributed by atoms with Crippen molar-refractivity contribution in [1.29, 1.82) is 0 Å². The van der Waals surface area contributed by atoms with E-state index in [1.54, 1.807) is 18.2 Å². The Hall–Kier alpha value is -2.12. The second-order valence-corrected chi connectivity index (χ2v) is 6.89. The molecule has 4 N–H and O–H groups in total. The van der Waals surface area contributed by atoms with Gasteiger partial charge < -0.3 is 25.8 Å². The first-order chi connectivity index (χ1) is 11.7. The number of hydrogen-bond acceptors (Lipinski definition) is 5. The minimum Gasteiger partial charge on any atom is -0.494 e. The van der Waals surface area contributed by atoms with Crippen LogP contribution in [0.25, 0.3) is 0 Å². The third-order valence-corrected chi connectivity index (χ3v) is 5.01. The van der Waals surface area contributed by atoms with Crippen molar-refractivity contribution in [1.82, 2.24) is 0 Å². The lowest BCUT2D eigenvalue weighted by Crippen LogP contribution is -2.74. The molecule has 7 nitrogen and oxygen atoms in total. The Morgan fingerprint density at radius 1 is 1.32 bits per heavy atom. The highest BCUT2D eigenvalue weighted by molar-refractivity contribution is 6.00. The highest BCUT2D eigenvalue weighted by Gasteiger charge is 2.62. The number of nitrogens with one attached hydrogen (secondary N) is 2. The topological polar surface area (TPSA) is 103 Å². The maximum Gasteiger partial charge on any atom is 0.245 e. The van der Waals surface area contributed by atoms with Gasteiger partial charge in [0.25, 0.3) is 0 Å². The number of anilines is 2. The van der Waals surface area contributed by atoms with Crippen molar-refractivity contribution < 1.29 is 19.1 Å². The van der Waals surface area contributed by atoms with Crippen molar-refractivity contribution >= 4 is 23.2 Å². The summed E-state index contributed by atoms with van der Waals surface area (Å²) >= 11 is 0. The van der Waals surface area contributed by atoms with Crippen LogP contribution in [0.1, 0.15) is 34.1 Å². The first-order valence-corrected chi connectivity index (χ1v) is 8.33. The summed E-state index contributed by atoms with van der Waals surface area (Å²) in [5.41, 5.74) is 6.00. The molecule has 0 saturated heterocycles. The average molecular weight is 349 g/mol. The predicted molar refractivity (Wildman–Crippen MR) is 96.7 cm³/mol. The van der Waals surface area contributed by atoms with Gasteiger partial charge in [0.1, 0.15) is 11.3 Å². The normalized spacial score (nSPS) is 24.2. The summed E-state index contributed by atoms with van der Waals surface area (Å²) < 4.78 is 10.9. The largest absolute Gasteiger partial charge is 0.494 e. The molecule has 7 heteroatoms. The molecule has 0 radical (unpaired) electrons. The first-order valence-electron chi connectivity index (χ1n) is 8.33. The Morgan fingerprint density at radius 2 is 2.00 bits per heavy atom. The third kappa shape index (κ3) is 3.48. The number of nitrogens with two attached hydrogens (primary N) is 1. The van der Waals surface area contributed by atoms with Gasteiger partial charge in [0.15, 0.2) is 0 Å². The molecule has 1 saturated carbocycles. The maximum absolute atomic E-state index is 12.7. The lowest BCUT2D eigenvalue weighted by Gasteiger charge is -2.57. The molecule has 0 heterocycles. The number of benzene rings is 1. The van der Waals surface area contributed by atoms with Crippen molar-refractivity contribution in [2.24, 2.45) is 11.1 Å². The van der Waals surface area contributed by atoms with E-state index in [9.17, 15) is 9.59 Å². The van der Waals surface area contributed by atoms with E-state index in [2.05, 4.69) is 10.6 Å². The lowest BCUT2D eigenvalue weighted by molar-refractivity contribution is -0.166. The fourth-order valence-electron chi connectivity index (χ4n) is 3.13. The summed E-state index contributed by atoms with van der Waals surface area (Å²) in [5.74, 6) is -0.00361. The monoisotopic (exact) mass is 349 g/mol. The van der Waals surface area contributed by atoms with Crippen LogP contribution >= 0.6 is 0 Å². The Labute approximate surface area is 148 Å². The van der Waals surface area contributed by atoms with E-state index in [1.165, 1.54) is 14.0 Å². The molecule has 2 unspecified atom stereocenters. The molecule has 2 amide bonds. The van der Waals surface area contributed by atoms with Crippen LogP contribution in [0.5, 0.6) is 5.75 Å². The van der Waals surface area contributed by atoms with Gasteiger partial charge in [-0.2, -0.15) is 0 Å². The Morgan fingerprint density at radius 3 is 2.52 bits per heavy atom. The van der Waals surface area contributed by atoms with Gasteiger partial charge in [0.2, 0.25) is 11.8 Å². The number of amides is 2. The average Bonchev–Trinajstić information content (AvgIpc) is 2.55. The van der Waals surface area contributed by atoms with Gasteiger partial charge in [0.05, 0.1) is 18.9 Å². The smallest absolute Gasteiger partial charge is 0.245 e. The van der Waals surface area contributed by atoms with E-state index in [0.717, 1.165) is 0 Å². The molecule has 1 aliphatic carbocycles. The summed E-state index contributed by atoms with van der Waals surface area (Å²) in [7, 11) is 1.50. The molecule has 0 aromatic heterocycles. The Balaban J connectivity index is 2.14. The number of carbonyl (C=O) groups is 2. The van der Waals surface area contributed by atoms with Crippen LogP contribution in [-0.4, -0.2) is 37.2 Å². The lowest BCUT2D eigenvalue weighted by atomic mass is 9.54. The highest BCUT2D eigenvalue weighted by Crippen LogP contribution is 2.50. The van der Waals surface area contributed by atoms with Gasteiger partial charge in [-0.25, -0.2) is 0 Å². The van der Waals surface area contributed by atoms with Crippen molar-refractivity contribution in [2.75, 3.05) is 24.4 Å². The molecule has 2 atom stereocenters. The fraction of sp³-hybridized carbons (Fsp3) is 0.556. The zero-order valence-corrected chi connectivity index (χ0v) is 15.4. The summed E-state index contributed by atoms with van der Waals surface area (Å²) in [4.78, 5) is 24.0. The molecule has 138 valence electrons. The fourth-order valence-corrected chi connectivity index (χ4v) is 3.13. The Kier molecular flexibility index (Phi) is 5.39. The zero-order valence-electron chi connectivity index (χ0n) is 15.4. The van der Waals surface area contributed by atoms with E-state index in [-0.39, 0.29) is 17.9 Å². The van der Waals surface area contributed by atoms with Crippen LogP contribution in [0.3, 0.4) is 0 Å². The van der Waals surface area contributed by atoms with Crippen LogP contribution < -0.4 is 21.1 Å². The number of rotatable bonds is 6. The quantitative estimate of drug-likeness (QED) is 0.730. The second-order valence-electron chi connectivity index (χ2n) is 6.89. The zero-order chi connectivity index (χ0) is 18.8. The Bertz CT molecular complexity index is 674. The molecular weight excluding hydrogens is 322 g/mol. The number of methoxy groups -OCH3 is 1. The van der Waals surface area contributed by atoms with Crippen LogP contribution in [-0.2, 0) is 14.3 Å². The summed E-state index contributed by atoms with van der Waals surface area (Å²) in [6.07, 6.45) is 0.436. The molecule has 1 aliphatic rings. The van der Waals surface area contributed by atoms with E-state index in [1.807, 2.05) is 20.8 Å². The van der Waals surface area contributed by atoms with Gasteiger partial charge in [-0.05, 0) is 19.1 Å².